The molecule has 11 nitrogen and oxygen atoms in total. The van der Waals surface area contributed by atoms with Crippen molar-refractivity contribution in [1.29, 1.82) is 0 Å². The number of ether oxygens (including phenoxy) is 1. The van der Waals surface area contributed by atoms with E-state index in [1.807, 2.05) is 0 Å². The first-order chi connectivity index (χ1) is 15.7. The number of imidazole rings is 1. The van der Waals surface area contributed by atoms with E-state index >= 15 is 0 Å². The Kier molecular flexibility index (Phi) is 5.97. The van der Waals surface area contributed by atoms with Crippen LogP contribution in [-0.2, 0) is 9.53 Å². The third kappa shape index (κ3) is 4.48. The van der Waals surface area contributed by atoms with Crippen molar-refractivity contribution >= 4 is 28.8 Å². The summed E-state index contributed by atoms with van der Waals surface area (Å²) in [7, 11) is 0. The van der Waals surface area contributed by atoms with Crippen molar-refractivity contribution in [2.75, 3.05) is 11.9 Å². The molecule has 4 rings (SSSR count). The number of carbonyl (C=O) groups excluding carboxylic acids is 2. The molecule has 4 N–H and O–H groups in total. The number of nitrogens with one attached hydrogen (secondary N) is 2. The molecule has 0 bridgehead atoms. The summed E-state index contributed by atoms with van der Waals surface area (Å²) in [5.74, 6) is -2.57. The van der Waals surface area contributed by atoms with Crippen molar-refractivity contribution in [1.82, 2.24) is 24.8 Å². The van der Waals surface area contributed by atoms with E-state index in [1.165, 1.54) is 10.9 Å². The molecule has 1 fully saturated rings. The van der Waals surface area contributed by atoms with Gasteiger partial charge in [-0.1, -0.05) is 18.2 Å². The lowest BCUT2D eigenvalue weighted by Gasteiger charge is -2.17. The number of hydrogen-bond donors (Lipinski definition) is 4. The molecule has 1 aliphatic heterocycles. The Bertz CT molecular complexity index is 1170. The van der Waals surface area contributed by atoms with Crippen molar-refractivity contribution in [3.63, 3.8) is 0 Å². The third-order valence-corrected chi connectivity index (χ3v) is 4.96. The number of rotatable bonds is 5. The van der Waals surface area contributed by atoms with Crippen LogP contribution in [0, 0.1) is 0 Å². The van der Waals surface area contributed by atoms with Gasteiger partial charge in [0, 0.05) is 12.1 Å². The first-order valence-electron chi connectivity index (χ1n) is 9.57. The van der Waals surface area contributed by atoms with Crippen molar-refractivity contribution < 1.29 is 37.7 Å². The maximum atomic E-state index is 12.4. The maximum absolute atomic E-state index is 12.4. The number of aromatic nitrogens is 4. The lowest BCUT2D eigenvalue weighted by molar-refractivity contribution is -0.174. The van der Waals surface area contributed by atoms with Gasteiger partial charge in [0.25, 0.3) is 5.91 Å². The molecule has 2 aromatic heterocycles. The summed E-state index contributed by atoms with van der Waals surface area (Å²) in [6.07, 6.45) is -8.50. The van der Waals surface area contributed by atoms with Gasteiger partial charge in [0.05, 0.1) is 6.33 Å². The van der Waals surface area contributed by atoms with Crippen LogP contribution in [-0.4, -0.2) is 72.6 Å². The Balaban J connectivity index is 1.53. The number of aliphatic hydroxyl groups excluding tert-OH is 2. The van der Waals surface area contributed by atoms with Gasteiger partial charge in [-0.25, -0.2) is 15.0 Å². The van der Waals surface area contributed by atoms with Crippen LogP contribution >= 0.6 is 0 Å². The first-order valence-corrected chi connectivity index (χ1v) is 9.57. The molecule has 0 aliphatic carbocycles. The summed E-state index contributed by atoms with van der Waals surface area (Å²) in [6.45, 7) is -0.687. The van der Waals surface area contributed by atoms with Crippen LogP contribution in [0.25, 0.3) is 11.2 Å². The van der Waals surface area contributed by atoms with Gasteiger partial charge >= 0.3 is 12.1 Å². The quantitative estimate of drug-likeness (QED) is 0.421. The highest BCUT2D eigenvalue weighted by molar-refractivity contribution is 6.06. The van der Waals surface area contributed by atoms with Gasteiger partial charge in [-0.2, -0.15) is 13.2 Å². The molecule has 2 amide bonds. The van der Waals surface area contributed by atoms with Crippen molar-refractivity contribution in [3.05, 3.63) is 48.5 Å². The highest BCUT2D eigenvalue weighted by Crippen LogP contribution is 2.32. The van der Waals surface area contributed by atoms with Gasteiger partial charge in [0.1, 0.15) is 24.6 Å². The highest BCUT2D eigenvalue weighted by atomic mass is 19.4. The number of fused-ring (bicyclic) bond motifs is 1. The molecule has 1 aromatic carbocycles. The number of hydrogen-bond acceptors (Lipinski definition) is 8. The predicted molar refractivity (Wildman–Crippen MR) is 105 cm³/mol. The second-order valence-corrected chi connectivity index (χ2v) is 7.12. The molecular formula is C19H17F3N6O5. The minimum absolute atomic E-state index is 0.0784. The molecule has 14 heteroatoms. The van der Waals surface area contributed by atoms with Gasteiger partial charge in [-0.05, 0) is 12.1 Å². The molecule has 0 saturated carbocycles. The lowest BCUT2D eigenvalue weighted by atomic mass is 10.1. The zero-order valence-corrected chi connectivity index (χ0v) is 16.6. The summed E-state index contributed by atoms with van der Waals surface area (Å²) >= 11 is 0. The van der Waals surface area contributed by atoms with Crippen LogP contribution in [0.15, 0.2) is 43.0 Å². The fourth-order valence-electron chi connectivity index (χ4n) is 3.32. The summed E-state index contributed by atoms with van der Waals surface area (Å²) in [5.41, 5.74) is 0.663. The average Bonchev–Trinajstić information content (AvgIpc) is 3.34. The Morgan fingerprint density at radius 1 is 1.09 bits per heavy atom. The minimum atomic E-state index is -5.10. The second kappa shape index (κ2) is 8.73. The van der Waals surface area contributed by atoms with E-state index in [2.05, 4.69) is 20.3 Å². The van der Waals surface area contributed by atoms with Crippen LogP contribution in [0.3, 0.4) is 0 Å². The van der Waals surface area contributed by atoms with Gasteiger partial charge < -0.3 is 25.6 Å². The van der Waals surface area contributed by atoms with Gasteiger partial charge in [0.2, 0.25) is 0 Å². The maximum Gasteiger partial charge on any atom is 0.471 e. The molecule has 0 unspecified atom stereocenters. The molecule has 1 aliphatic rings. The standard InChI is InChI=1S/C19H17F3N6O5/c20-19(21,22)18(32)23-6-10-12(29)13(30)17(33-10)28-8-26-11-14(24-7-25-15(11)28)27-16(31)9-4-2-1-3-5-9/h1-5,7-8,10,12-13,17,29-30H,6H2,(H,23,32)(H,24,25,27,31)/t10-,12-,13-,17-/m1/s1. The predicted octanol–water partition coefficient (Wildman–Crippen LogP) is 0.376. The zero-order valence-electron chi connectivity index (χ0n) is 16.6. The minimum Gasteiger partial charge on any atom is -0.387 e. The van der Waals surface area contributed by atoms with Crippen LogP contribution < -0.4 is 10.6 Å². The highest BCUT2D eigenvalue weighted by Gasteiger charge is 2.46. The van der Waals surface area contributed by atoms with E-state index in [9.17, 15) is 33.0 Å². The van der Waals surface area contributed by atoms with Crippen LogP contribution in [0.1, 0.15) is 16.6 Å². The van der Waals surface area contributed by atoms with E-state index < -0.39 is 49.1 Å². The molecule has 3 aromatic rings. The van der Waals surface area contributed by atoms with E-state index in [4.69, 9.17) is 4.74 Å². The van der Waals surface area contributed by atoms with E-state index in [-0.39, 0.29) is 17.0 Å². The number of aliphatic hydroxyl groups is 2. The summed E-state index contributed by atoms with van der Waals surface area (Å²) in [5, 5.41) is 24.8. The summed E-state index contributed by atoms with van der Waals surface area (Å²) in [4.78, 5) is 35.7. The number of alkyl halides is 3. The average molecular weight is 466 g/mol. The number of nitrogens with zero attached hydrogens (tertiary/aromatic N) is 4. The summed E-state index contributed by atoms with van der Waals surface area (Å²) in [6, 6.07) is 8.35. The van der Waals surface area contributed by atoms with E-state index in [0.29, 0.717) is 5.56 Å². The molecule has 0 radical (unpaired) electrons. The Morgan fingerprint density at radius 3 is 2.52 bits per heavy atom. The van der Waals surface area contributed by atoms with Gasteiger partial charge in [-0.15, -0.1) is 0 Å². The van der Waals surface area contributed by atoms with E-state index in [0.717, 1.165) is 6.33 Å². The monoisotopic (exact) mass is 466 g/mol. The normalized spacial score (nSPS) is 22.9. The van der Waals surface area contributed by atoms with Crippen molar-refractivity contribution in [2.45, 2.75) is 30.7 Å². The molecule has 33 heavy (non-hydrogen) atoms. The van der Waals surface area contributed by atoms with E-state index in [1.54, 1.807) is 35.6 Å². The molecule has 1 saturated heterocycles. The molecular weight excluding hydrogens is 449 g/mol. The molecule has 174 valence electrons. The number of benzene rings is 1. The first kappa shape index (κ1) is 22.6. The van der Waals surface area contributed by atoms with Crippen LogP contribution in [0.4, 0.5) is 19.0 Å². The van der Waals surface area contributed by atoms with Crippen LogP contribution in [0.2, 0.25) is 0 Å². The fraction of sp³-hybridized carbons (Fsp3) is 0.316. The number of carbonyl (C=O) groups is 2. The molecule has 0 spiro atoms. The Hall–Kier alpha value is -3.62. The smallest absolute Gasteiger partial charge is 0.387 e. The molecule has 3 heterocycles. The number of halogens is 3. The third-order valence-electron chi connectivity index (χ3n) is 4.96. The largest absolute Gasteiger partial charge is 0.471 e. The lowest BCUT2D eigenvalue weighted by Crippen LogP contribution is -2.44. The van der Waals surface area contributed by atoms with Crippen LogP contribution in [0.5, 0.6) is 0 Å². The number of amides is 2. The second-order valence-electron chi connectivity index (χ2n) is 7.12. The van der Waals surface area contributed by atoms with Crippen molar-refractivity contribution in [3.8, 4) is 0 Å². The Morgan fingerprint density at radius 2 is 1.82 bits per heavy atom. The number of anilines is 1. The Labute approximate surface area is 183 Å². The van der Waals surface area contributed by atoms with Gasteiger partial charge in [-0.3, -0.25) is 14.2 Å². The fourth-order valence-corrected chi connectivity index (χ4v) is 3.32. The molecule has 4 atom stereocenters. The summed E-state index contributed by atoms with van der Waals surface area (Å²) < 4.78 is 43.9. The van der Waals surface area contributed by atoms with Crippen molar-refractivity contribution in [2.24, 2.45) is 0 Å². The SMILES string of the molecule is O=C(Nc1ncnc2c1ncn2[C@@H]1O[C@H](CNC(=O)C(F)(F)F)[C@@H](O)[C@H]1O)c1ccccc1. The van der Waals surface area contributed by atoms with Gasteiger partial charge in [0.15, 0.2) is 23.2 Å². The topological polar surface area (TPSA) is 151 Å². The zero-order chi connectivity index (χ0) is 23.8.